The van der Waals surface area contributed by atoms with Crippen LogP contribution in [0.5, 0.6) is 0 Å². The summed E-state index contributed by atoms with van der Waals surface area (Å²) >= 11 is 0. The van der Waals surface area contributed by atoms with Crippen LogP contribution in [0, 0.1) is 0 Å². The Morgan fingerprint density at radius 1 is 0.585 bits per heavy atom. The summed E-state index contributed by atoms with van der Waals surface area (Å²) in [5, 5.41) is 6.87. The number of nitrogens with one attached hydrogen (secondary N) is 2. The van der Waals surface area contributed by atoms with Crippen LogP contribution in [0.15, 0.2) is 95.0 Å². The van der Waals surface area contributed by atoms with Crippen LogP contribution in [-0.4, -0.2) is 70.7 Å². The number of hydrogen-bond acceptors (Lipinski definition) is 8. The molecule has 0 unspecified atom stereocenters. The van der Waals surface area contributed by atoms with Gasteiger partial charge in [-0.05, 0) is 86.6 Å². The lowest BCUT2D eigenvalue weighted by molar-refractivity contribution is 0.596. The maximum absolute atomic E-state index is 14.9. The highest BCUT2D eigenvalue weighted by Gasteiger charge is 2.29. The van der Waals surface area contributed by atoms with Crippen molar-refractivity contribution in [2.45, 2.75) is 22.6 Å². The Hall–Kier alpha value is -3.79. The van der Waals surface area contributed by atoms with E-state index in [1.165, 1.54) is 0 Å². The molecule has 41 heavy (non-hydrogen) atoms. The van der Waals surface area contributed by atoms with Crippen molar-refractivity contribution < 1.29 is 8.42 Å². The molecule has 2 saturated heterocycles. The van der Waals surface area contributed by atoms with Crippen molar-refractivity contribution in [3.8, 4) is 22.5 Å². The van der Waals surface area contributed by atoms with E-state index in [1.54, 1.807) is 12.4 Å². The van der Waals surface area contributed by atoms with Crippen LogP contribution in [0.1, 0.15) is 12.8 Å². The van der Waals surface area contributed by atoms with Gasteiger partial charge in [0.2, 0.25) is 9.84 Å². The second-order valence-corrected chi connectivity index (χ2v) is 12.4. The molecule has 2 aliphatic rings. The standard InChI is InChI=1S/C32H36N6O2S/c39-41(40,31-23-25(37-19-5-13-33-17-21-37)9-11-27(31)29-7-1-3-15-35-29)32-24-26(38-20-6-14-34-18-22-38)10-12-28(32)30-8-2-4-16-36-30/h1-4,7-12,15-16,23-24,33-34H,5-6,13-14,17-22H2. The van der Waals surface area contributed by atoms with Crippen molar-refractivity contribution in [2.75, 3.05) is 62.2 Å². The number of benzene rings is 2. The fourth-order valence-corrected chi connectivity index (χ4v) is 7.37. The fraction of sp³-hybridized carbons (Fsp3) is 0.312. The highest BCUT2D eigenvalue weighted by molar-refractivity contribution is 7.91. The van der Waals surface area contributed by atoms with Gasteiger partial charge in [-0.15, -0.1) is 0 Å². The molecule has 0 radical (unpaired) electrons. The van der Waals surface area contributed by atoms with Gasteiger partial charge < -0.3 is 20.4 Å². The maximum atomic E-state index is 14.9. The molecule has 2 aliphatic heterocycles. The van der Waals surface area contributed by atoms with Crippen molar-refractivity contribution in [1.82, 2.24) is 20.6 Å². The van der Waals surface area contributed by atoms with Gasteiger partial charge in [-0.1, -0.05) is 12.1 Å². The molecule has 2 N–H and O–H groups in total. The van der Waals surface area contributed by atoms with E-state index >= 15 is 0 Å². The van der Waals surface area contributed by atoms with Crippen LogP contribution >= 0.6 is 0 Å². The first-order chi connectivity index (χ1) is 20.1. The zero-order valence-electron chi connectivity index (χ0n) is 23.2. The first-order valence-electron chi connectivity index (χ1n) is 14.4. The largest absolute Gasteiger partial charge is 0.370 e. The molecule has 2 aromatic carbocycles. The van der Waals surface area contributed by atoms with E-state index < -0.39 is 9.84 Å². The third-order valence-corrected chi connectivity index (χ3v) is 9.64. The van der Waals surface area contributed by atoms with Crippen LogP contribution in [0.25, 0.3) is 22.5 Å². The minimum absolute atomic E-state index is 0.262. The highest BCUT2D eigenvalue weighted by Crippen LogP contribution is 2.39. The predicted octanol–water partition coefficient (Wildman–Crippen LogP) is 4.24. The molecule has 0 amide bonds. The van der Waals surface area contributed by atoms with Gasteiger partial charge in [0.25, 0.3) is 0 Å². The lowest BCUT2D eigenvalue weighted by Crippen LogP contribution is -2.28. The lowest BCUT2D eigenvalue weighted by atomic mass is 10.1. The van der Waals surface area contributed by atoms with E-state index in [4.69, 9.17) is 0 Å². The molecule has 2 fully saturated rings. The van der Waals surface area contributed by atoms with E-state index in [0.29, 0.717) is 22.5 Å². The monoisotopic (exact) mass is 568 g/mol. The summed E-state index contributed by atoms with van der Waals surface area (Å²) in [4.78, 5) is 14.1. The average Bonchev–Trinajstić information content (AvgIpc) is 3.48. The number of aromatic nitrogens is 2. The van der Waals surface area contributed by atoms with Gasteiger partial charge in [0, 0.05) is 74.2 Å². The normalized spacial score (nSPS) is 16.7. The molecule has 2 aromatic heterocycles. The molecule has 0 aliphatic carbocycles. The number of rotatable bonds is 6. The Labute approximate surface area is 242 Å². The third-order valence-electron chi connectivity index (χ3n) is 7.80. The fourth-order valence-electron chi connectivity index (χ4n) is 5.65. The molecule has 0 bridgehead atoms. The van der Waals surface area contributed by atoms with Crippen LogP contribution in [0.3, 0.4) is 0 Å². The van der Waals surface area contributed by atoms with E-state index in [0.717, 1.165) is 76.6 Å². The summed E-state index contributed by atoms with van der Waals surface area (Å²) in [6, 6.07) is 22.7. The van der Waals surface area contributed by atoms with Crippen molar-refractivity contribution in [3.05, 3.63) is 85.2 Å². The molecular weight excluding hydrogens is 532 g/mol. The second kappa shape index (κ2) is 12.4. The number of nitrogens with zero attached hydrogens (tertiary/aromatic N) is 4. The van der Waals surface area contributed by atoms with Crippen molar-refractivity contribution >= 4 is 21.2 Å². The zero-order chi connectivity index (χ0) is 28.1. The summed E-state index contributed by atoms with van der Waals surface area (Å²) in [6.07, 6.45) is 5.40. The number of sulfone groups is 1. The SMILES string of the molecule is O=S(=O)(c1cc(N2CCCNCC2)ccc1-c1ccccn1)c1cc(N2CCCNCC2)ccc1-c1ccccn1. The minimum atomic E-state index is -4.00. The van der Waals surface area contributed by atoms with Gasteiger partial charge in [-0.2, -0.15) is 0 Å². The predicted molar refractivity (Wildman–Crippen MR) is 164 cm³/mol. The molecule has 0 atom stereocenters. The Morgan fingerprint density at radius 2 is 1.07 bits per heavy atom. The molecule has 0 spiro atoms. The maximum Gasteiger partial charge on any atom is 0.208 e. The summed E-state index contributed by atoms with van der Waals surface area (Å²) in [5.74, 6) is 0. The quantitative estimate of drug-likeness (QED) is 0.357. The van der Waals surface area contributed by atoms with Crippen LogP contribution < -0.4 is 20.4 Å². The summed E-state index contributed by atoms with van der Waals surface area (Å²) in [7, 11) is -4.00. The van der Waals surface area contributed by atoms with Crippen molar-refractivity contribution in [2.24, 2.45) is 0 Å². The molecule has 4 heterocycles. The zero-order valence-corrected chi connectivity index (χ0v) is 24.0. The number of anilines is 2. The van der Waals surface area contributed by atoms with Gasteiger partial charge >= 0.3 is 0 Å². The number of hydrogen-bond donors (Lipinski definition) is 2. The Bertz CT molecular complexity index is 1450. The minimum Gasteiger partial charge on any atom is -0.370 e. The number of pyridine rings is 2. The van der Waals surface area contributed by atoms with Crippen molar-refractivity contribution in [3.63, 3.8) is 0 Å². The topological polar surface area (TPSA) is 90.5 Å². The molecule has 0 saturated carbocycles. The van der Waals surface area contributed by atoms with Gasteiger partial charge in [-0.3, -0.25) is 9.97 Å². The van der Waals surface area contributed by atoms with E-state index in [1.807, 2.05) is 72.8 Å². The van der Waals surface area contributed by atoms with Gasteiger partial charge in [0.15, 0.2) is 0 Å². The summed E-state index contributed by atoms with van der Waals surface area (Å²) in [5.41, 5.74) is 4.26. The van der Waals surface area contributed by atoms with Gasteiger partial charge in [-0.25, -0.2) is 8.42 Å². The van der Waals surface area contributed by atoms with Gasteiger partial charge in [0.05, 0.1) is 21.2 Å². The summed E-state index contributed by atoms with van der Waals surface area (Å²) < 4.78 is 29.8. The van der Waals surface area contributed by atoms with Crippen LogP contribution in [0.2, 0.25) is 0 Å². The molecular formula is C32H36N6O2S. The van der Waals surface area contributed by atoms with E-state index in [2.05, 4.69) is 30.4 Å². The molecule has 212 valence electrons. The third kappa shape index (κ3) is 5.98. The summed E-state index contributed by atoms with van der Waals surface area (Å²) in [6.45, 7) is 7.02. The van der Waals surface area contributed by atoms with Gasteiger partial charge in [0.1, 0.15) is 0 Å². The molecule has 4 aromatic rings. The average molecular weight is 569 g/mol. The smallest absolute Gasteiger partial charge is 0.208 e. The van der Waals surface area contributed by atoms with Crippen LogP contribution in [-0.2, 0) is 9.84 Å². The van der Waals surface area contributed by atoms with Crippen molar-refractivity contribution in [1.29, 1.82) is 0 Å². The lowest BCUT2D eigenvalue weighted by Gasteiger charge is -2.25. The Morgan fingerprint density at radius 3 is 1.51 bits per heavy atom. The van der Waals surface area contributed by atoms with E-state index in [9.17, 15) is 8.42 Å². The highest BCUT2D eigenvalue weighted by atomic mass is 32.2. The van der Waals surface area contributed by atoms with E-state index in [-0.39, 0.29) is 9.79 Å². The Balaban J connectivity index is 1.54. The first-order valence-corrected chi connectivity index (χ1v) is 15.9. The molecule has 8 nitrogen and oxygen atoms in total. The Kier molecular flexibility index (Phi) is 8.27. The first kappa shape index (κ1) is 27.4. The van der Waals surface area contributed by atoms with Crippen LogP contribution in [0.4, 0.5) is 11.4 Å². The molecule has 9 heteroatoms. The molecule has 6 rings (SSSR count). The second-order valence-electron chi connectivity index (χ2n) is 10.5.